The van der Waals surface area contributed by atoms with Crippen molar-refractivity contribution >= 4 is 17.6 Å². The van der Waals surface area contributed by atoms with Gasteiger partial charge in [0.15, 0.2) is 6.61 Å². The fourth-order valence-corrected chi connectivity index (χ4v) is 2.27. The molecule has 1 aromatic rings. The van der Waals surface area contributed by atoms with E-state index in [2.05, 4.69) is 5.32 Å². The van der Waals surface area contributed by atoms with E-state index < -0.39 is 5.97 Å². The number of phenols is 1. The monoisotopic (exact) mass is 278 g/mol. The molecule has 2 rings (SSSR count). The van der Waals surface area contributed by atoms with E-state index in [1.54, 1.807) is 0 Å². The van der Waals surface area contributed by atoms with Gasteiger partial charge in [-0.3, -0.25) is 4.79 Å². The molecule has 0 aromatic heterocycles. The van der Waals surface area contributed by atoms with E-state index in [0.717, 1.165) is 25.7 Å². The van der Waals surface area contributed by atoms with Crippen molar-refractivity contribution in [3.63, 3.8) is 0 Å². The first kappa shape index (κ1) is 14.2. The van der Waals surface area contributed by atoms with Gasteiger partial charge in [-0.2, -0.15) is 0 Å². The topological polar surface area (TPSA) is 102 Å². The number of anilines is 1. The zero-order valence-electron chi connectivity index (χ0n) is 11.1. The summed E-state index contributed by atoms with van der Waals surface area (Å²) in [7, 11) is 0. The van der Waals surface area contributed by atoms with E-state index in [9.17, 15) is 14.7 Å². The second-order valence-electron chi connectivity index (χ2n) is 4.90. The first-order valence-corrected chi connectivity index (χ1v) is 6.61. The standard InChI is InChI=1S/C14H18N2O4/c15-12-6-5-10(17)7-11(12)14(19)20-8-13(18)16-9-3-1-2-4-9/h5-7,9,17H,1-4,8,15H2,(H,16,18). The summed E-state index contributed by atoms with van der Waals surface area (Å²) in [5.74, 6) is -1.12. The van der Waals surface area contributed by atoms with Gasteiger partial charge in [0.25, 0.3) is 5.91 Å². The highest BCUT2D eigenvalue weighted by atomic mass is 16.5. The zero-order valence-corrected chi connectivity index (χ0v) is 11.1. The highest BCUT2D eigenvalue weighted by Crippen LogP contribution is 2.19. The first-order chi connectivity index (χ1) is 9.56. The van der Waals surface area contributed by atoms with E-state index in [-0.39, 0.29) is 35.6 Å². The summed E-state index contributed by atoms with van der Waals surface area (Å²) in [6.45, 7) is -0.343. The molecule has 0 bridgehead atoms. The number of aromatic hydroxyl groups is 1. The van der Waals surface area contributed by atoms with Crippen LogP contribution in [-0.4, -0.2) is 29.6 Å². The van der Waals surface area contributed by atoms with Crippen LogP contribution in [0.2, 0.25) is 0 Å². The van der Waals surface area contributed by atoms with Gasteiger partial charge in [0.1, 0.15) is 5.75 Å². The van der Waals surface area contributed by atoms with Crippen molar-refractivity contribution in [1.82, 2.24) is 5.32 Å². The van der Waals surface area contributed by atoms with Gasteiger partial charge in [-0.25, -0.2) is 4.79 Å². The lowest BCUT2D eigenvalue weighted by Crippen LogP contribution is -2.35. The van der Waals surface area contributed by atoms with Crippen LogP contribution < -0.4 is 11.1 Å². The number of nitrogens with two attached hydrogens (primary N) is 1. The number of nitrogen functional groups attached to an aromatic ring is 1. The molecule has 0 saturated heterocycles. The van der Waals surface area contributed by atoms with Crippen LogP contribution in [0, 0.1) is 0 Å². The van der Waals surface area contributed by atoms with Crippen LogP contribution in [0.4, 0.5) is 5.69 Å². The number of ether oxygens (including phenoxy) is 1. The highest BCUT2D eigenvalue weighted by molar-refractivity contribution is 5.96. The van der Waals surface area contributed by atoms with E-state index in [4.69, 9.17) is 10.5 Å². The SMILES string of the molecule is Nc1ccc(O)cc1C(=O)OCC(=O)NC1CCCC1. The van der Waals surface area contributed by atoms with E-state index in [1.165, 1.54) is 18.2 Å². The van der Waals surface area contributed by atoms with Crippen LogP contribution in [0.3, 0.4) is 0 Å². The minimum absolute atomic E-state index is 0.0543. The zero-order chi connectivity index (χ0) is 14.5. The molecule has 0 aliphatic heterocycles. The molecule has 108 valence electrons. The Morgan fingerprint density at radius 1 is 1.35 bits per heavy atom. The van der Waals surface area contributed by atoms with Crippen molar-refractivity contribution in [1.29, 1.82) is 0 Å². The molecule has 4 N–H and O–H groups in total. The summed E-state index contributed by atoms with van der Waals surface area (Å²) < 4.78 is 4.89. The third-order valence-corrected chi connectivity index (χ3v) is 3.31. The van der Waals surface area contributed by atoms with Gasteiger partial charge in [0.2, 0.25) is 0 Å². The Kier molecular flexibility index (Phi) is 4.45. The van der Waals surface area contributed by atoms with E-state index in [1.807, 2.05) is 0 Å². The summed E-state index contributed by atoms with van der Waals surface area (Å²) in [6.07, 6.45) is 4.17. The van der Waals surface area contributed by atoms with Crippen molar-refractivity contribution < 1.29 is 19.4 Å². The molecule has 6 nitrogen and oxygen atoms in total. The van der Waals surface area contributed by atoms with Crippen LogP contribution in [0.1, 0.15) is 36.0 Å². The third-order valence-electron chi connectivity index (χ3n) is 3.31. The summed E-state index contributed by atoms with van der Waals surface area (Å²) >= 11 is 0. The van der Waals surface area contributed by atoms with Crippen LogP contribution in [0.15, 0.2) is 18.2 Å². The Morgan fingerprint density at radius 2 is 2.05 bits per heavy atom. The van der Waals surface area contributed by atoms with Crippen molar-refractivity contribution in [3.8, 4) is 5.75 Å². The fraction of sp³-hybridized carbons (Fsp3) is 0.429. The van der Waals surface area contributed by atoms with Gasteiger partial charge in [0, 0.05) is 11.7 Å². The molecule has 0 atom stereocenters. The Morgan fingerprint density at radius 3 is 2.75 bits per heavy atom. The van der Waals surface area contributed by atoms with Gasteiger partial charge in [-0.15, -0.1) is 0 Å². The van der Waals surface area contributed by atoms with Crippen molar-refractivity contribution in [2.75, 3.05) is 12.3 Å². The van der Waals surface area contributed by atoms with Gasteiger partial charge in [0.05, 0.1) is 5.56 Å². The molecule has 6 heteroatoms. The molecular formula is C14H18N2O4. The smallest absolute Gasteiger partial charge is 0.340 e. The minimum atomic E-state index is -0.722. The molecule has 1 aromatic carbocycles. The Bertz CT molecular complexity index is 510. The first-order valence-electron chi connectivity index (χ1n) is 6.61. The van der Waals surface area contributed by atoms with E-state index >= 15 is 0 Å². The predicted octanol–water partition coefficient (Wildman–Crippen LogP) is 1.19. The van der Waals surface area contributed by atoms with Gasteiger partial charge in [-0.1, -0.05) is 12.8 Å². The normalized spacial score (nSPS) is 15.0. The molecule has 1 aliphatic rings. The molecule has 1 fully saturated rings. The van der Waals surface area contributed by atoms with Crippen molar-refractivity contribution in [2.45, 2.75) is 31.7 Å². The Balaban J connectivity index is 1.85. The number of amides is 1. The summed E-state index contributed by atoms with van der Waals surface area (Å²) in [5.41, 5.74) is 5.87. The number of carbonyl (C=O) groups is 2. The molecule has 0 unspecified atom stereocenters. The molecule has 1 aliphatic carbocycles. The molecule has 1 amide bonds. The van der Waals surface area contributed by atoms with Crippen LogP contribution >= 0.6 is 0 Å². The maximum atomic E-state index is 11.8. The second-order valence-corrected chi connectivity index (χ2v) is 4.90. The lowest BCUT2D eigenvalue weighted by Gasteiger charge is -2.12. The number of benzene rings is 1. The lowest BCUT2D eigenvalue weighted by molar-refractivity contribution is -0.124. The summed E-state index contributed by atoms with van der Waals surface area (Å²) in [4.78, 5) is 23.4. The maximum absolute atomic E-state index is 11.8. The number of rotatable bonds is 4. The minimum Gasteiger partial charge on any atom is -0.508 e. The number of hydrogen-bond acceptors (Lipinski definition) is 5. The molecule has 0 heterocycles. The molecular weight excluding hydrogens is 260 g/mol. The second kappa shape index (κ2) is 6.27. The number of nitrogens with one attached hydrogen (secondary N) is 1. The summed E-state index contributed by atoms with van der Waals surface area (Å²) in [6, 6.07) is 4.18. The van der Waals surface area contributed by atoms with Gasteiger partial charge in [-0.05, 0) is 31.0 Å². The number of hydrogen-bond donors (Lipinski definition) is 3. The predicted molar refractivity (Wildman–Crippen MR) is 73.2 cm³/mol. The molecule has 1 saturated carbocycles. The average molecular weight is 278 g/mol. The number of carbonyl (C=O) groups excluding carboxylic acids is 2. The van der Waals surface area contributed by atoms with Crippen molar-refractivity contribution in [2.24, 2.45) is 0 Å². The summed E-state index contributed by atoms with van der Waals surface area (Å²) in [5, 5.41) is 12.1. The average Bonchev–Trinajstić information content (AvgIpc) is 2.91. The third kappa shape index (κ3) is 3.63. The van der Waals surface area contributed by atoms with Crippen LogP contribution in [0.25, 0.3) is 0 Å². The van der Waals surface area contributed by atoms with Crippen LogP contribution in [0.5, 0.6) is 5.75 Å². The van der Waals surface area contributed by atoms with E-state index in [0.29, 0.717) is 0 Å². The molecule has 20 heavy (non-hydrogen) atoms. The lowest BCUT2D eigenvalue weighted by atomic mass is 10.2. The quantitative estimate of drug-likeness (QED) is 0.436. The highest BCUT2D eigenvalue weighted by Gasteiger charge is 2.19. The van der Waals surface area contributed by atoms with Gasteiger partial charge < -0.3 is 20.9 Å². The number of phenolic OH excluding ortho intramolecular Hbond substituents is 1. The Labute approximate surface area is 116 Å². The van der Waals surface area contributed by atoms with Crippen LogP contribution in [-0.2, 0) is 9.53 Å². The fourth-order valence-electron chi connectivity index (χ4n) is 2.27. The molecule has 0 radical (unpaired) electrons. The molecule has 0 spiro atoms. The Hall–Kier alpha value is -2.24. The largest absolute Gasteiger partial charge is 0.508 e. The van der Waals surface area contributed by atoms with Gasteiger partial charge >= 0.3 is 5.97 Å². The maximum Gasteiger partial charge on any atom is 0.340 e. The number of esters is 1. The van der Waals surface area contributed by atoms with Crippen molar-refractivity contribution in [3.05, 3.63) is 23.8 Å².